The molecule has 0 amide bonds. The fourth-order valence-electron chi connectivity index (χ4n) is 2.67. The second-order valence-electron chi connectivity index (χ2n) is 6.14. The molecule has 1 N–H and O–H groups in total. The molecular weight excluding hydrogens is 248 g/mol. The van der Waals surface area contributed by atoms with E-state index in [0.717, 1.165) is 32.6 Å². The third-order valence-corrected chi connectivity index (χ3v) is 3.72. The molecule has 0 spiro atoms. The summed E-state index contributed by atoms with van der Waals surface area (Å²) in [4.78, 5) is 2.49. The number of nitrogens with zero attached hydrogens (tertiary/aromatic N) is 1. The van der Waals surface area contributed by atoms with Crippen LogP contribution in [0.5, 0.6) is 0 Å². The summed E-state index contributed by atoms with van der Waals surface area (Å²) < 4.78 is 6.13. The van der Waals surface area contributed by atoms with Gasteiger partial charge in [0.15, 0.2) is 0 Å². The van der Waals surface area contributed by atoms with Crippen molar-refractivity contribution in [3.8, 4) is 0 Å². The fraction of sp³-hybridized carbons (Fsp3) is 0.647. The molecule has 2 unspecified atom stereocenters. The van der Waals surface area contributed by atoms with E-state index in [2.05, 4.69) is 61.3 Å². The van der Waals surface area contributed by atoms with Crippen LogP contribution >= 0.6 is 0 Å². The number of benzene rings is 1. The largest absolute Gasteiger partial charge is 0.373 e. The van der Waals surface area contributed by atoms with Crippen molar-refractivity contribution < 1.29 is 4.74 Å². The molecule has 0 aromatic heterocycles. The normalized spacial score (nSPS) is 21.5. The Balaban J connectivity index is 1.70. The van der Waals surface area contributed by atoms with Gasteiger partial charge in [-0.1, -0.05) is 44.2 Å². The van der Waals surface area contributed by atoms with E-state index in [1.165, 1.54) is 5.56 Å². The quantitative estimate of drug-likeness (QED) is 0.828. The first-order chi connectivity index (χ1) is 9.63. The fourth-order valence-corrected chi connectivity index (χ4v) is 2.67. The van der Waals surface area contributed by atoms with E-state index in [4.69, 9.17) is 4.74 Å². The van der Waals surface area contributed by atoms with Gasteiger partial charge in [-0.15, -0.1) is 0 Å². The summed E-state index contributed by atoms with van der Waals surface area (Å²) in [5.74, 6) is 0. The zero-order valence-corrected chi connectivity index (χ0v) is 13.0. The predicted molar refractivity (Wildman–Crippen MR) is 83.8 cm³/mol. The van der Waals surface area contributed by atoms with Gasteiger partial charge in [0.2, 0.25) is 0 Å². The average molecular weight is 276 g/mol. The highest BCUT2D eigenvalue weighted by Gasteiger charge is 2.24. The van der Waals surface area contributed by atoms with Gasteiger partial charge < -0.3 is 10.1 Å². The topological polar surface area (TPSA) is 24.5 Å². The summed E-state index contributed by atoms with van der Waals surface area (Å²) in [6, 6.07) is 11.2. The lowest BCUT2D eigenvalue weighted by Gasteiger charge is -2.21. The van der Waals surface area contributed by atoms with Gasteiger partial charge in [-0.2, -0.15) is 0 Å². The minimum Gasteiger partial charge on any atom is -0.373 e. The van der Waals surface area contributed by atoms with E-state index in [9.17, 15) is 0 Å². The van der Waals surface area contributed by atoms with Crippen LogP contribution in [0.15, 0.2) is 30.3 Å². The number of likely N-dealkylation sites (tertiary alicyclic amines) is 1. The third kappa shape index (κ3) is 5.23. The van der Waals surface area contributed by atoms with Crippen molar-refractivity contribution in [1.29, 1.82) is 0 Å². The highest BCUT2D eigenvalue weighted by Crippen LogP contribution is 2.17. The molecule has 2 atom stereocenters. The number of hydrogen-bond donors (Lipinski definition) is 1. The SMILES string of the molecule is CC(C)NCC(C)OC1CCN(Cc2ccccc2)C1. The Labute approximate surface area is 123 Å². The van der Waals surface area contributed by atoms with Crippen molar-refractivity contribution in [2.75, 3.05) is 19.6 Å². The summed E-state index contributed by atoms with van der Waals surface area (Å²) >= 11 is 0. The molecule has 2 rings (SSSR count). The number of nitrogens with one attached hydrogen (secondary N) is 1. The lowest BCUT2D eigenvalue weighted by molar-refractivity contribution is 0.00352. The second kappa shape index (κ2) is 7.77. The number of ether oxygens (including phenoxy) is 1. The van der Waals surface area contributed by atoms with Crippen molar-refractivity contribution in [3.63, 3.8) is 0 Å². The Morgan fingerprint density at radius 3 is 2.70 bits per heavy atom. The van der Waals surface area contributed by atoms with Crippen LogP contribution in [0.2, 0.25) is 0 Å². The van der Waals surface area contributed by atoms with Gasteiger partial charge in [-0.3, -0.25) is 4.90 Å². The van der Waals surface area contributed by atoms with E-state index in [0.29, 0.717) is 18.2 Å². The lowest BCUT2D eigenvalue weighted by Crippen LogP contribution is -2.34. The molecule has 0 radical (unpaired) electrons. The van der Waals surface area contributed by atoms with Gasteiger partial charge in [-0.05, 0) is 18.9 Å². The Hall–Kier alpha value is -0.900. The first kappa shape index (κ1) is 15.5. The van der Waals surface area contributed by atoms with E-state index in [-0.39, 0.29) is 0 Å². The van der Waals surface area contributed by atoms with Crippen molar-refractivity contribution in [3.05, 3.63) is 35.9 Å². The molecule has 0 saturated carbocycles. The van der Waals surface area contributed by atoms with Gasteiger partial charge in [0, 0.05) is 32.2 Å². The zero-order chi connectivity index (χ0) is 14.4. The highest BCUT2D eigenvalue weighted by atomic mass is 16.5. The molecule has 0 bridgehead atoms. The maximum atomic E-state index is 6.13. The van der Waals surface area contributed by atoms with Gasteiger partial charge in [-0.25, -0.2) is 0 Å². The van der Waals surface area contributed by atoms with Crippen molar-refractivity contribution >= 4 is 0 Å². The second-order valence-corrected chi connectivity index (χ2v) is 6.14. The molecule has 1 fully saturated rings. The average Bonchev–Trinajstić information content (AvgIpc) is 2.85. The van der Waals surface area contributed by atoms with Gasteiger partial charge in [0.25, 0.3) is 0 Å². The van der Waals surface area contributed by atoms with Crippen LogP contribution < -0.4 is 5.32 Å². The summed E-state index contributed by atoms with van der Waals surface area (Å²) in [5, 5.41) is 3.43. The molecule has 1 heterocycles. The highest BCUT2D eigenvalue weighted by molar-refractivity contribution is 5.14. The Morgan fingerprint density at radius 2 is 2.00 bits per heavy atom. The molecule has 3 heteroatoms. The Morgan fingerprint density at radius 1 is 1.25 bits per heavy atom. The molecule has 1 aromatic carbocycles. The first-order valence-corrected chi connectivity index (χ1v) is 7.78. The summed E-state index contributed by atoms with van der Waals surface area (Å²) in [7, 11) is 0. The maximum Gasteiger partial charge on any atom is 0.0718 e. The molecule has 112 valence electrons. The first-order valence-electron chi connectivity index (χ1n) is 7.78. The Bertz CT molecular complexity index is 380. The Kier molecular flexibility index (Phi) is 6.02. The van der Waals surface area contributed by atoms with Crippen molar-refractivity contribution in [1.82, 2.24) is 10.2 Å². The minimum absolute atomic E-state index is 0.291. The smallest absolute Gasteiger partial charge is 0.0718 e. The van der Waals surface area contributed by atoms with Crippen molar-refractivity contribution in [2.24, 2.45) is 0 Å². The molecule has 3 nitrogen and oxygen atoms in total. The molecule has 1 aromatic rings. The molecule has 1 aliphatic rings. The molecule has 1 aliphatic heterocycles. The monoisotopic (exact) mass is 276 g/mol. The minimum atomic E-state index is 0.291. The van der Waals surface area contributed by atoms with Gasteiger partial charge >= 0.3 is 0 Å². The zero-order valence-electron chi connectivity index (χ0n) is 13.0. The predicted octanol–water partition coefficient (Wildman–Crippen LogP) is 2.66. The van der Waals surface area contributed by atoms with Gasteiger partial charge in [0.05, 0.1) is 12.2 Å². The van der Waals surface area contributed by atoms with Crippen molar-refractivity contribution in [2.45, 2.75) is 52.0 Å². The van der Waals surface area contributed by atoms with Crippen LogP contribution in [0.4, 0.5) is 0 Å². The lowest BCUT2D eigenvalue weighted by atomic mass is 10.2. The van der Waals surface area contributed by atoms with Crippen LogP contribution in [-0.2, 0) is 11.3 Å². The van der Waals surface area contributed by atoms with Crippen LogP contribution in [0.3, 0.4) is 0 Å². The van der Waals surface area contributed by atoms with Crippen LogP contribution in [0.25, 0.3) is 0 Å². The summed E-state index contributed by atoms with van der Waals surface area (Å²) in [5.41, 5.74) is 1.39. The van der Waals surface area contributed by atoms with Crippen LogP contribution in [0, 0.1) is 0 Å². The standard InChI is InChI=1S/C17H28N2O/c1-14(2)18-11-15(3)20-17-9-10-19(13-17)12-16-7-5-4-6-8-16/h4-8,14-15,17-18H,9-13H2,1-3H3. The van der Waals surface area contributed by atoms with Crippen LogP contribution in [0.1, 0.15) is 32.8 Å². The third-order valence-electron chi connectivity index (χ3n) is 3.72. The maximum absolute atomic E-state index is 6.13. The number of rotatable bonds is 7. The molecule has 1 saturated heterocycles. The molecular formula is C17H28N2O. The van der Waals surface area contributed by atoms with Gasteiger partial charge in [0.1, 0.15) is 0 Å². The number of hydrogen-bond acceptors (Lipinski definition) is 3. The molecule has 20 heavy (non-hydrogen) atoms. The van der Waals surface area contributed by atoms with E-state index in [1.54, 1.807) is 0 Å². The van der Waals surface area contributed by atoms with E-state index >= 15 is 0 Å². The van der Waals surface area contributed by atoms with E-state index in [1.807, 2.05) is 0 Å². The summed E-state index contributed by atoms with van der Waals surface area (Å²) in [6.07, 6.45) is 1.83. The molecule has 0 aliphatic carbocycles. The van der Waals surface area contributed by atoms with Crippen LogP contribution in [-0.4, -0.2) is 42.8 Å². The van der Waals surface area contributed by atoms with E-state index < -0.39 is 0 Å². The summed E-state index contributed by atoms with van der Waals surface area (Å²) in [6.45, 7) is 10.7.